The third-order valence-electron chi connectivity index (χ3n) is 12.6. The summed E-state index contributed by atoms with van der Waals surface area (Å²) in [6.07, 6.45) is 60.9. The van der Waals surface area contributed by atoms with E-state index in [1.54, 1.807) is 6.08 Å². The maximum atomic E-state index is 12.9. The normalized spacial score (nSPS) is 14.3. The molecule has 0 aromatic rings. The zero-order chi connectivity index (χ0) is 47.8. The van der Waals surface area contributed by atoms with Crippen molar-refractivity contribution in [2.24, 2.45) is 0 Å². The quantitative estimate of drug-likeness (QED) is 0.0272. The Hall–Kier alpha value is -1.28. The van der Waals surface area contributed by atoms with Gasteiger partial charge in [0.1, 0.15) is 13.2 Å². The lowest BCUT2D eigenvalue weighted by Crippen LogP contribution is -2.45. The van der Waals surface area contributed by atoms with Crippen molar-refractivity contribution in [2.45, 2.75) is 276 Å². The molecular formula is C56H109N2O6P. The molecule has 0 aromatic carbocycles. The molecule has 0 fully saturated rings. The highest BCUT2D eigenvalue weighted by molar-refractivity contribution is 7.45. The average molecular weight is 937 g/mol. The van der Waals surface area contributed by atoms with E-state index in [1.165, 1.54) is 199 Å². The number of nitrogens with one attached hydrogen (secondary N) is 1. The minimum absolute atomic E-state index is 0.00766. The Morgan fingerprint density at radius 2 is 0.862 bits per heavy atom. The lowest BCUT2D eigenvalue weighted by molar-refractivity contribution is -0.870. The smallest absolute Gasteiger partial charge is 0.268 e. The summed E-state index contributed by atoms with van der Waals surface area (Å²) in [4.78, 5) is 25.4. The number of quaternary nitrogens is 1. The molecule has 0 aliphatic heterocycles. The van der Waals surface area contributed by atoms with E-state index in [2.05, 4.69) is 43.5 Å². The number of aliphatic hydroxyl groups excluding tert-OH is 1. The summed E-state index contributed by atoms with van der Waals surface area (Å²) in [6.45, 7) is 4.62. The van der Waals surface area contributed by atoms with Gasteiger partial charge in [0, 0.05) is 6.42 Å². The number of allylic oxidation sites excluding steroid dienone is 5. The van der Waals surface area contributed by atoms with E-state index in [9.17, 15) is 19.4 Å². The highest BCUT2D eigenvalue weighted by Gasteiger charge is 2.23. The van der Waals surface area contributed by atoms with Gasteiger partial charge in [-0.1, -0.05) is 249 Å². The molecule has 0 saturated carbocycles. The molecule has 0 spiro atoms. The summed E-state index contributed by atoms with van der Waals surface area (Å²) in [5, 5.41) is 13.8. The topological polar surface area (TPSA) is 108 Å². The number of hydrogen-bond donors (Lipinski definition) is 2. The lowest BCUT2D eigenvalue weighted by atomic mass is 10.0. The van der Waals surface area contributed by atoms with Crippen molar-refractivity contribution in [3.63, 3.8) is 0 Å². The number of rotatable bonds is 51. The third kappa shape index (κ3) is 50.4. The van der Waals surface area contributed by atoms with Crippen LogP contribution >= 0.6 is 7.82 Å². The number of phosphoric ester groups is 1. The van der Waals surface area contributed by atoms with Crippen molar-refractivity contribution < 1.29 is 32.9 Å². The van der Waals surface area contributed by atoms with Crippen molar-refractivity contribution in [2.75, 3.05) is 40.9 Å². The molecule has 0 radical (unpaired) electrons. The largest absolute Gasteiger partial charge is 0.756 e. The zero-order valence-corrected chi connectivity index (χ0v) is 44.6. The molecule has 3 unspecified atom stereocenters. The maximum Gasteiger partial charge on any atom is 0.268 e. The van der Waals surface area contributed by atoms with Crippen molar-refractivity contribution in [3.8, 4) is 0 Å². The first-order chi connectivity index (χ1) is 31.5. The molecule has 0 saturated heterocycles. The highest BCUT2D eigenvalue weighted by Crippen LogP contribution is 2.38. The van der Waals surface area contributed by atoms with Crippen LogP contribution in [-0.4, -0.2) is 68.5 Å². The fourth-order valence-corrected chi connectivity index (χ4v) is 8.91. The predicted molar refractivity (Wildman–Crippen MR) is 279 cm³/mol. The van der Waals surface area contributed by atoms with Crippen molar-refractivity contribution >= 4 is 13.7 Å². The van der Waals surface area contributed by atoms with Gasteiger partial charge in [0.15, 0.2) is 0 Å². The summed E-state index contributed by atoms with van der Waals surface area (Å²) >= 11 is 0. The Morgan fingerprint density at radius 1 is 0.523 bits per heavy atom. The second-order valence-corrected chi connectivity index (χ2v) is 21.7. The van der Waals surface area contributed by atoms with Crippen LogP contribution in [-0.2, 0) is 18.4 Å². The molecule has 384 valence electrons. The zero-order valence-electron chi connectivity index (χ0n) is 43.7. The lowest BCUT2D eigenvalue weighted by Gasteiger charge is -2.29. The van der Waals surface area contributed by atoms with Crippen LogP contribution in [0.4, 0.5) is 0 Å². The van der Waals surface area contributed by atoms with Crippen LogP contribution in [0.2, 0.25) is 0 Å². The Balaban J connectivity index is 4.10. The molecule has 8 nitrogen and oxygen atoms in total. The number of unbranched alkanes of at least 4 members (excludes halogenated alkanes) is 34. The maximum absolute atomic E-state index is 12.9. The van der Waals surface area contributed by atoms with E-state index in [4.69, 9.17) is 9.05 Å². The van der Waals surface area contributed by atoms with Crippen LogP contribution in [0.5, 0.6) is 0 Å². The summed E-state index contributed by atoms with van der Waals surface area (Å²) in [6, 6.07) is -0.906. The molecule has 0 aliphatic carbocycles. The number of carbonyl (C=O) groups is 1. The van der Waals surface area contributed by atoms with Crippen molar-refractivity contribution in [3.05, 3.63) is 36.5 Å². The molecule has 3 atom stereocenters. The summed E-state index contributed by atoms with van der Waals surface area (Å²) in [7, 11) is 1.24. The van der Waals surface area contributed by atoms with E-state index >= 15 is 0 Å². The number of aliphatic hydroxyl groups is 1. The summed E-state index contributed by atoms with van der Waals surface area (Å²) in [5.74, 6) is -0.208. The van der Waals surface area contributed by atoms with Crippen LogP contribution < -0.4 is 10.2 Å². The van der Waals surface area contributed by atoms with Gasteiger partial charge in [-0.25, -0.2) is 0 Å². The molecule has 0 bridgehead atoms. The first kappa shape index (κ1) is 63.7. The van der Waals surface area contributed by atoms with E-state index in [0.29, 0.717) is 17.4 Å². The number of hydrogen-bond acceptors (Lipinski definition) is 6. The highest BCUT2D eigenvalue weighted by atomic mass is 31.2. The Morgan fingerprint density at radius 3 is 1.25 bits per heavy atom. The van der Waals surface area contributed by atoms with E-state index < -0.39 is 26.6 Å². The molecule has 2 N–H and O–H groups in total. The van der Waals surface area contributed by atoms with E-state index in [1.807, 2.05) is 27.2 Å². The minimum Gasteiger partial charge on any atom is -0.756 e. The number of amides is 1. The van der Waals surface area contributed by atoms with Gasteiger partial charge in [-0.3, -0.25) is 9.36 Å². The molecule has 0 rings (SSSR count). The first-order valence-electron chi connectivity index (χ1n) is 27.9. The molecule has 65 heavy (non-hydrogen) atoms. The molecule has 0 aliphatic rings. The predicted octanol–water partition coefficient (Wildman–Crippen LogP) is 16.0. The number of phosphoric acid groups is 1. The van der Waals surface area contributed by atoms with E-state index in [-0.39, 0.29) is 12.5 Å². The first-order valence-corrected chi connectivity index (χ1v) is 29.3. The van der Waals surface area contributed by atoms with Crippen molar-refractivity contribution in [1.82, 2.24) is 5.32 Å². The molecule has 0 heterocycles. The van der Waals surface area contributed by atoms with Crippen LogP contribution in [0, 0.1) is 0 Å². The SMILES string of the molecule is CCCCCC/C=C/CC/C=C/CC/C=C/C(O)C(COP(=O)([O-])OCC[N+](C)(C)C)NC(=O)CCCCCCCCCCCCCCCCCCCCCCCCCCCCCCC. The minimum atomic E-state index is -4.60. The fraction of sp³-hybridized carbons (Fsp3) is 0.875. The van der Waals surface area contributed by atoms with Gasteiger partial charge < -0.3 is 28.8 Å². The van der Waals surface area contributed by atoms with Gasteiger partial charge >= 0.3 is 0 Å². The van der Waals surface area contributed by atoms with E-state index in [0.717, 1.165) is 44.9 Å². The number of carbonyl (C=O) groups excluding carboxylic acids is 1. The second kappa shape index (κ2) is 47.8. The van der Waals surface area contributed by atoms with Gasteiger partial charge in [-0.05, 0) is 44.9 Å². The molecular weight excluding hydrogens is 828 g/mol. The van der Waals surface area contributed by atoms with Crippen LogP contribution in [0.25, 0.3) is 0 Å². The summed E-state index contributed by atoms with van der Waals surface area (Å²) < 4.78 is 23.3. The third-order valence-corrected chi connectivity index (χ3v) is 13.5. The van der Waals surface area contributed by atoms with Gasteiger partial charge in [-0.15, -0.1) is 0 Å². The van der Waals surface area contributed by atoms with Crippen molar-refractivity contribution in [1.29, 1.82) is 0 Å². The Bertz CT molecular complexity index is 1150. The standard InChI is InChI=1S/C56H109N2O6P/c1-6-8-10-12-14-16-18-20-22-23-24-25-26-27-28-29-30-31-32-33-34-35-36-38-40-42-44-46-48-50-56(60)57-54(53-64-65(61,62)63-52-51-58(3,4)5)55(59)49-47-45-43-41-39-37-21-19-17-15-13-11-9-7-2/h17,19,39,41,47,49,54-55,59H,6-16,18,20-38,40,42-46,48,50-53H2,1-5H3,(H-,57,60,61,62)/b19-17+,41-39+,49-47+. The molecule has 1 amide bonds. The van der Waals surface area contributed by atoms with Crippen LogP contribution in [0.3, 0.4) is 0 Å². The average Bonchev–Trinajstić information content (AvgIpc) is 3.26. The fourth-order valence-electron chi connectivity index (χ4n) is 8.19. The Labute approximate surface area is 404 Å². The summed E-state index contributed by atoms with van der Waals surface area (Å²) in [5.41, 5.74) is 0. The van der Waals surface area contributed by atoms with Gasteiger partial charge in [0.05, 0.1) is 39.9 Å². The number of nitrogens with zero attached hydrogens (tertiary/aromatic N) is 1. The van der Waals surface area contributed by atoms with Gasteiger partial charge in [0.25, 0.3) is 7.82 Å². The molecule has 9 heteroatoms. The second-order valence-electron chi connectivity index (χ2n) is 20.3. The van der Waals surface area contributed by atoms with Crippen LogP contribution in [0.1, 0.15) is 264 Å². The number of likely N-dealkylation sites (N-methyl/N-ethyl adjacent to an activating group) is 1. The Kier molecular flexibility index (Phi) is 46.8. The van der Waals surface area contributed by atoms with Gasteiger partial charge in [-0.2, -0.15) is 0 Å². The monoisotopic (exact) mass is 937 g/mol. The molecule has 0 aromatic heterocycles. The van der Waals surface area contributed by atoms with Gasteiger partial charge in [0.2, 0.25) is 5.91 Å². The van der Waals surface area contributed by atoms with Crippen LogP contribution in [0.15, 0.2) is 36.5 Å².